The van der Waals surface area contributed by atoms with E-state index in [2.05, 4.69) is 15.8 Å². The van der Waals surface area contributed by atoms with E-state index in [4.69, 9.17) is 10.9 Å². The smallest absolute Gasteiger partial charge is 0.221 e. The molecule has 1 unspecified atom stereocenters. The monoisotopic (exact) mass is 216 g/mol. The lowest BCUT2D eigenvalue weighted by Gasteiger charge is -2.12. The Morgan fingerprint density at radius 3 is 2.80 bits per heavy atom. The van der Waals surface area contributed by atoms with Crippen LogP contribution in [0.15, 0.2) is 5.16 Å². The van der Waals surface area contributed by atoms with E-state index in [-0.39, 0.29) is 17.8 Å². The highest BCUT2D eigenvalue weighted by molar-refractivity contribution is 5.80. The fraction of sp³-hybridized carbons (Fsp3) is 0.778. The van der Waals surface area contributed by atoms with Crippen molar-refractivity contribution in [3.8, 4) is 0 Å². The van der Waals surface area contributed by atoms with Crippen LogP contribution in [0.3, 0.4) is 0 Å². The summed E-state index contributed by atoms with van der Waals surface area (Å²) in [4.78, 5) is 11.1. The highest BCUT2D eigenvalue weighted by Crippen LogP contribution is 1.90. The third-order valence-electron chi connectivity index (χ3n) is 1.86. The van der Waals surface area contributed by atoms with Crippen molar-refractivity contribution in [3.05, 3.63) is 0 Å². The van der Waals surface area contributed by atoms with E-state index in [0.29, 0.717) is 25.9 Å². The number of nitrogens with one attached hydrogen (secondary N) is 2. The van der Waals surface area contributed by atoms with Crippen LogP contribution in [-0.4, -0.2) is 36.1 Å². The maximum atomic E-state index is 11.1. The van der Waals surface area contributed by atoms with Gasteiger partial charge in [-0.15, -0.1) is 0 Å². The van der Waals surface area contributed by atoms with Gasteiger partial charge in [0.15, 0.2) is 0 Å². The van der Waals surface area contributed by atoms with Gasteiger partial charge in [0, 0.05) is 32.0 Å². The average Bonchev–Trinajstić information content (AvgIpc) is 2.18. The van der Waals surface area contributed by atoms with E-state index in [1.165, 1.54) is 0 Å². The normalized spacial score (nSPS) is 13.6. The van der Waals surface area contributed by atoms with Crippen LogP contribution >= 0.6 is 0 Å². The number of amidine groups is 1. The molecule has 0 saturated heterocycles. The Kier molecular flexibility index (Phi) is 7.35. The number of amides is 1. The number of hydrogen-bond donors (Lipinski definition) is 4. The lowest BCUT2D eigenvalue weighted by Crippen LogP contribution is -2.34. The standard InChI is InChI=1S/C9H20N4O2/c1-3-11-9(14)4-5-12-7(2)6-8(10)13-15/h7,12,15H,3-6H2,1-2H3,(H2,10,13)(H,11,14). The molecule has 0 aliphatic carbocycles. The van der Waals surface area contributed by atoms with Crippen molar-refractivity contribution in [2.45, 2.75) is 32.7 Å². The summed E-state index contributed by atoms with van der Waals surface area (Å²) in [6, 6.07) is 0.0929. The minimum absolute atomic E-state index is 0.0287. The van der Waals surface area contributed by atoms with Gasteiger partial charge in [0.25, 0.3) is 0 Å². The van der Waals surface area contributed by atoms with Crippen molar-refractivity contribution in [3.63, 3.8) is 0 Å². The summed E-state index contributed by atoms with van der Waals surface area (Å²) in [5.74, 6) is 0.217. The fourth-order valence-electron chi connectivity index (χ4n) is 1.14. The lowest BCUT2D eigenvalue weighted by molar-refractivity contribution is -0.120. The van der Waals surface area contributed by atoms with Gasteiger partial charge < -0.3 is 21.6 Å². The first kappa shape index (κ1) is 13.7. The molecule has 6 heteroatoms. The Bertz CT molecular complexity index is 218. The molecule has 0 aromatic heterocycles. The summed E-state index contributed by atoms with van der Waals surface area (Å²) >= 11 is 0. The Labute approximate surface area is 89.9 Å². The molecule has 0 rings (SSSR count). The van der Waals surface area contributed by atoms with Crippen molar-refractivity contribution in [2.24, 2.45) is 10.9 Å². The topological polar surface area (TPSA) is 99.7 Å². The number of rotatable bonds is 7. The van der Waals surface area contributed by atoms with E-state index in [9.17, 15) is 4.79 Å². The summed E-state index contributed by atoms with van der Waals surface area (Å²) in [7, 11) is 0. The van der Waals surface area contributed by atoms with E-state index >= 15 is 0 Å². The summed E-state index contributed by atoms with van der Waals surface area (Å²) in [6.07, 6.45) is 0.903. The van der Waals surface area contributed by atoms with Gasteiger partial charge in [-0.25, -0.2) is 0 Å². The van der Waals surface area contributed by atoms with Gasteiger partial charge in [-0.3, -0.25) is 4.79 Å². The number of carbonyl (C=O) groups excluding carboxylic acids is 1. The Hall–Kier alpha value is -1.30. The molecule has 0 aliphatic heterocycles. The van der Waals surface area contributed by atoms with Crippen LogP contribution in [0.25, 0.3) is 0 Å². The van der Waals surface area contributed by atoms with Crippen LogP contribution in [0.5, 0.6) is 0 Å². The molecule has 0 bridgehead atoms. The Balaban J connectivity index is 3.54. The van der Waals surface area contributed by atoms with E-state index < -0.39 is 0 Å². The second kappa shape index (κ2) is 8.05. The molecule has 1 amide bonds. The maximum Gasteiger partial charge on any atom is 0.221 e. The molecule has 5 N–H and O–H groups in total. The predicted octanol–water partition coefficient (Wildman–Crippen LogP) is -0.373. The summed E-state index contributed by atoms with van der Waals surface area (Å²) in [5.41, 5.74) is 5.33. The van der Waals surface area contributed by atoms with E-state index in [1.54, 1.807) is 0 Å². The highest BCUT2D eigenvalue weighted by atomic mass is 16.4. The Morgan fingerprint density at radius 1 is 1.60 bits per heavy atom. The minimum atomic E-state index is 0.0287. The van der Waals surface area contributed by atoms with Crippen LogP contribution in [-0.2, 0) is 4.79 Å². The summed E-state index contributed by atoms with van der Waals surface area (Å²) in [6.45, 7) is 5.03. The SMILES string of the molecule is CCNC(=O)CCNC(C)CC(N)=NO. The molecular weight excluding hydrogens is 196 g/mol. The number of carbonyl (C=O) groups is 1. The molecule has 0 aromatic rings. The fourth-order valence-corrected chi connectivity index (χ4v) is 1.14. The zero-order valence-corrected chi connectivity index (χ0v) is 9.29. The number of nitrogens with two attached hydrogens (primary N) is 1. The average molecular weight is 216 g/mol. The van der Waals surface area contributed by atoms with Crippen molar-refractivity contribution < 1.29 is 10.0 Å². The molecule has 0 saturated carbocycles. The highest BCUT2D eigenvalue weighted by Gasteiger charge is 2.05. The molecule has 0 aliphatic rings. The van der Waals surface area contributed by atoms with Crippen molar-refractivity contribution in [1.29, 1.82) is 0 Å². The van der Waals surface area contributed by atoms with Gasteiger partial charge in [-0.2, -0.15) is 0 Å². The minimum Gasteiger partial charge on any atom is -0.409 e. The first-order valence-corrected chi connectivity index (χ1v) is 5.06. The molecular formula is C9H20N4O2. The summed E-state index contributed by atoms with van der Waals surface area (Å²) < 4.78 is 0. The molecule has 0 aromatic carbocycles. The van der Waals surface area contributed by atoms with Crippen molar-refractivity contribution >= 4 is 11.7 Å². The largest absolute Gasteiger partial charge is 0.409 e. The third kappa shape index (κ3) is 7.75. The molecule has 0 radical (unpaired) electrons. The van der Waals surface area contributed by atoms with Crippen LogP contribution < -0.4 is 16.4 Å². The van der Waals surface area contributed by atoms with Gasteiger partial charge >= 0.3 is 0 Å². The van der Waals surface area contributed by atoms with Gasteiger partial charge in [0.1, 0.15) is 5.84 Å². The second-order valence-corrected chi connectivity index (χ2v) is 3.35. The third-order valence-corrected chi connectivity index (χ3v) is 1.86. The van der Waals surface area contributed by atoms with Gasteiger partial charge in [0.05, 0.1) is 0 Å². The maximum absolute atomic E-state index is 11.1. The lowest BCUT2D eigenvalue weighted by atomic mass is 10.2. The molecule has 0 spiro atoms. The molecule has 88 valence electrons. The van der Waals surface area contributed by atoms with Crippen molar-refractivity contribution in [2.75, 3.05) is 13.1 Å². The zero-order chi connectivity index (χ0) is 11.7. The number of oxime groups is 1. The van der Waals surface area contributed by atoms with Crippen LogP contribution in [0.4, 0.5) is 0 Å². The quantitative estimate of drug-likeness (QED) is 0.202. The molecule has 6 nitrogen and oxygen atoms in total. The Morgan fingerprint density at radius 2 is 2.27 bits per heavy atom. The van der Waals surface area contributed by atoms with Crippen LogP contribution in [0.2, 0.25) is 0 Å². The first-order chi connectivity index (χ1) is 7.10. The van der Waals surface area contributed by atoms with Crippen LogP contribution in [0, 0.1) is 0 Å². The second-order valence-electron chi connectivity index (χ2n) is 3.35. The van der Waals surface area contributed by atoms with Crippen LogP contribution in [0.1, 0.15) is 26.7 Å². The molecule has 0 fully saturated rings. The van der Waals surface area contributed by atoms with Gasteiger partial charge in [0.2, 0.25) is 5.91 Å². The van der Waals surface area contributed by atoms with Crippen molar-refractivity contribution in [1.82, 2.24) is 10.6 Å². The first-order valence-electron chi connectivity index (χ1n) is 5.06. The molecule has 15 heavy (non-hydrogen) atoms. The number of hydrogen-bond acceptors (Lipinski definition) is 4. The van der Waals surface area contributed by atoms with Gasteiger partial charge in [-0.05, 0) is 13.8 Å². The van der Waals surface area contributed by atoms with Gasteiger partial charge in [-0.1, -0.05) is 5.16 Å². The molecule has 1 atom stereocenters. The zero-order valence-electron chi connectivity index (χ0n) is 9.29. The number of nitrogens with zero attached hydrogens (tertiary/aromatic N) is 1. The van der Waals surface area contributed by atoms with E-state index in [1.807, 2.05) is 13.8 Å². The summed E-state index contributed by atoms with van der Waals surface area (Å²) in [5, 5.41) is 17.0. The predicted molar refractivity (Wildman–Crippen MR) is 58.8 cm³/mol. The molecule has 0 heterocycles. The van der Waals surface area contributed by atoms with E-state index in [0.717, 1.165) is 0 Å².